The lowest BCUT2D eigenvalue weighted by atomic mass is 9.98. The number of hydrogen-bond acceptors (Lipinski definition) is 6. The van der Waals surface area contributed by atoms with Crippen molar-refractivity contribution in [2.24, 2.45) is 7.05 Å². The fourth-order valence-electron chi connectivity index (χ4n) is 4.36. The van der Waals surface area contributed by atoms with Crippen LogP contribution in [0.1, 0.15) is 44.6 Å². The molecule has 0 fully saturated rings. The van der Waals surface area contributed by atoms with E-state index in [0.717, 1.165) is 15.8 Å². The maximum absolute atomic E-state index is 13.8. The molecule has 0 amide bonds. The summed E-state index contributed by atoms with van der Waals surface area (Å²) >= 11 is 0.711. The van der Waals surface area contributed by atoms with Crippen molar-refractivity contribution in [2.75, 3.05) is 4.90 Å². The van der Waals surface area contributed by atoms with E-state index in [1.807, 2.05) is 0 Å². The van der Waals surface area contributed by atoms with Gasteiger partial charge < -0.3 is 4.90 Å². The molecule has 2 aromatic carbocycles. The number of nitrogens with zero attached hydrogens (tertiary/aromatic N) is 6. The van der Waals surface area contributed by atoms with E-state index in [-0.39, 0.29) is 40.3 Å². The predicted molar refractivity (Wildman–Crippen MR) is 137 cm³/mol. The first-order valence-corrected chi connectivity index (χ1v) is 13.5. The second-order valence-electron chi connectivity index (χ2n) is 9.74. The summed E-state index contributed by atoms with van der Waals surface area (Å²) in [5.41, 5.74) is -5.23. The highest BCUT2D eigenvalue weighted by Crippen LogP contribution is 2.39. The van der Waals surface area contributed by atoms with E-state index in [1.165, 1.54) is 7.05 Å². The topological polar surface area (TPSA) is 59.7 Å². The second-order valence-corrected chi connectivity index (χ2v) is 10.9. The smallest absolute Gasteiger partial charge is 0.330 e. The fourth-order valence-corrected chi connectivity index (χ4v) is 5.42. The molecule has 2 aromatic heterocycles. The number of benzene rings is 2. The van der Waals surface area contributed by atoms with Crippen molar-refractivity contribution in [3.63, 3.8) is 0 Å². The number of halogens is 12. The average Bonchev–Trinajstić information content (AvgIpc) is 3.51. The molecule has 0 aliphatic carbocycles. The summed E-state index contributed by atoms with van der Waals surface area (Å²) in [6, 6.07) is 3.18. The van der Waals surface area contributed by atoms with Crippen LogP contribution in [-0.4, -0.2) is 31.4 Å². The Balaban J connectivity index is 1.87. The first-order chi connectivity index (χ1) is 20.6. The van der Waals surface area contributed by atoms with Crippen molar-refractivity contribution in [2.45, 2.75) is 57.6 Å². The van der Waals surface area contributed by atoms with E-state index in [4.69, 9.17) is 0 Å². The van der Waals surface area contributed by atoms with Gasteiger partial charge in [-0.25, -0.2) is 4.98 Å². The van der Waals surface area contributed by atoms with Gasteiger partial charge in [0.2, 0.25) is 0 Å². The van der Waals surface area contributed by atoms with Gasteiger partial charge in [0.15, 0.2) is 0 Å². The summed E-state index contributed by atoms with van der Waals surface area (Å²) in [6.07, 6.45) is -21.1. The van der Waals surface area contributed by atoms with E-state index in [1.54, 1.807) is 6.92 Å². The molecule has 19 heteroatoms. The number of rotatable bonds is 8. The highest BCUT2D eigenvalue weighted by atomic mass is 32.1. The van der Waals surface area contributed by atoms with Crippen LogP contribution in [0.25, 0.3) is 11.3 Å². The first kappa shape index (κ1) is 34.0. The van der Waals surface area contributed by atoms with E-state index >= 15 is 0 Å². The molecule has 2 heterocycles. The molecule has 0 atom stereocenters. The third-order valence-corrected chi connectivity index (χ3v) is 7.46. The molecule has 0 aliphatic heterocycles. The van der Waals surface area contributed by atoms with Gasteiger partial charge in [0.1, 0.15) is 5.01 Å². The lowest BCUT2D eigenvalue weighted by Crippen LogP contribution is -2.25. The van der Waals surface area contributed by atoms with Crippen LogP contribution in [0.4, 0.5) is 58.6 Å². The highest BCUT2D eigenvalue weighted by molar-refractivity contribution is 7.12. The third kappa shape index (κ3) is 8.43. The van der Waals surface area contributed by atoms with Crippen LogP contribution >= 0.6 is 11.3 Å². The van der Waals surface area contributed by atoms with Crippen molar-refractivity contribution in [3.8, 4) is 11.3 Å². The maximum Gasteiger partial charge on any atom is 0.416 e. The van der Waals surface area contributed by atoms with Crippen molar-refractivity contribution in [1.82, 2.24) is 25.2 Å². The van der Waals surface area contributed by atoms with Crippen molar-refractivity contribution < 1.29 is 52.7 Å². The molecular weight excluding hydrogens is 656 g/mol. The van der Waals surface area contributed by atoms with Crippen molar-refractivity contribution in [1.29, 1.82) is 0 Å². The molecule has 0 spiro atoms. The zero-order chi connectivity index (χ0) is 33.5. The molecular formula is C26H20F12N6S. The first-order valence-electron chi connectivity index (χ1n) is 12.7. The molecule has 0 unspecified atom stereocenters. The van der Waals surface area contributed by atoms with E-state index < -0.39 is 66.5 Å². The number of hydrogen-bond donors (Lipinski definition) is 0. The van der Waals surface area contributed by atoms with Crippen LogP contribution in [0.3, 0.4) is 0 Å². The zero-order valence-corrected chi connectivity index (χ0v) is 23.7. The number of thiazole rings is 1. The van der Waals surface area contributed by atoms with Gasteiger partial charge in [0.05, 0.1) is 35.9 Å². The number of anilines is 1. The number of tetrazole rings is 1. The quantitative estimate of drug-likeness (QED) is 0.176. The summed E-state index contributed by atoms with van der Waals surface area (Å²) in [5.74, 6) is -0.362. The van der Waals surface area contributed by atoms with Gasteiger partial charge in [0.25, 0.3) is 5.95 Å². The highest BCUT2D eigenvalue weighted by Gasteiger charge is 2.38. The Morgan fingerprint density at radius 3 is 1.87 bits per heavy atom. The van der Waals surface area contributed by atoms with Crippen LogP contribution in [0.2, 0.25) is 0 Å². The largest absolute Gasteiger partial charge is 0.416 e. The molecule has 45 heavy (non-hydrogen) atoms. The van der Waals surface area contributed by atoms with Crippen LogP contribution in [-0.2, 0) is 51.5 Å². The van der Waals surface area contributed by atoms with Gasteiger partial charge in [-0.1, -0.05) is 18.1 Å². The standard InChI is InChI=1S/C26H20F12N6S/c1-3-19-21(39-20(45-19)10-23(27,28)29)18-5-4-15(24(30,31)32)8-14(18)12-44(22-40-42-43(2)41-22)11-13-6-16(25(33,34)35)9-17(7-13)26(36,37)38/h4-9H,3,10-12H2,1-2H3. The van der Waals surface area contributed by atoms with Crippen molar-refractivity contribution >= 4 is 17.3 Å². The molecule has 244 valence electrons. The summed E-state index contributed by atoms with van der Waals surface area (Å²) in [5, 5.41) is 10.9. The molecule has 0 aliphatic rings. The Labute approximate surface area is 250 Å². The molecule has 4 aromatic rings. The van der Waals surface area contributed by atoms with Gasteiger partial charge in [-0.15, -0.1) is 16.4 Å². The van der Waals surface area contributed by atoms with Crippen LogP contribution < -0.4 is 4.90 Å². The summed E-state index contributed by atoms with van der Waals surface area (Å²) in [7, 11) is 1.29. The van der Waals surface area contributed by atoms with Crippen LogP contribution in [0.15, 0.2) is 36.4 Å². The average molecular weight is 677 g/mol. The van der Waals surface area contributed by atoms with Crippen molar-refractivity contribution in [3.05, 3.63) is 74.1 Å². The van der Waals surface area contributed by atoms with Gasteiger partial charge in [-0.05, 0) is 53.1 Å². The Bertz CT molecular complexity index is 1620. The third-order valence-electron chi connectivity index (χ3n) is 6.26. The number of aryl methyl sites for hydroxylation is 2. The van der Waals surface area contributed by atoms with Gasteiger partial charge in [0, 0.05) is 23.5 Å². The maximum atomic E-state index is 13.8. The molecule has 0 N–H and O–H groups in total. The minimum absolute atomic E-state index is 0.0292. The summed E-state index contributed by atoms with van der Waals surface area (Å²) < 4.78 is 162. The SMILES string of the molecule is CCc1sc(CC(F)(F)F)nc1-c1ccc(C(F)(F)F)cc1CN(Cc1cc(C(F)(F)F)cc(C(F)(F)F)c1)c1nnn(C)n1. The predicted octanol–water partition coefficient (Wildman–Crippen LogP) is 8.26. The second kappa shape index (κ2) is 12.1. The molecule has 0 saturated heterocycles. The Morgan fingerprint density at radius 2 is 1.38 bits per heavy atom. The van der Waals surface area contributed by atoms with Gasteiger partial charge in [-0.2, -0.15) is 57.5 Å². The normalized spacial score (nSPS) is 13.0. The Morgan fingerprint density at radius 1 is 0.778 bits per heavy atom. The van der Waals surface area contributed by atoms with Crippen LogP contribution in [0, 0.1) is 0 Å². The number of alkyl halides is 12. The molecule has 6 nitrogen and oxygen atoms in total. The summed E-state index contributed by atoms with van der Waals surface area (Å²) in [4.78, 5) is 6.25. The summed E-state index contributed by atoms with van der Waals surface area (Å²) in [6.45, 7) is 0.197. The zero-order valence-electron chi connectivity index (χ0n) is 22.9. The Hall–Kier alpha value is -3.90. The Kier molecular flexibility index (Phi) is 9.16. The lowest BCUT2D eigenvalue weighted by Gasteiger charge is -2.24. The monoisotopic (exact) mass is 676 g/mol. The minimum Gasteiger partial charge on any atom is -0.330 e. The molecule has 4 rings (SSSR count). The van der Waals surface area contributed by atoms with E-state index in [2.05, 4.69) is 20.4 Å². The molecule has 0 radical (unpaired) electrons. The number of aromatic nitrogens is 5. The van der Waals surface area contributed by atoms with Gasteiger partial charge in [-0.3, -0.25) is 0 Å². The minimum atomic E-state index is -5.17. The fraction of sp³-hybridized carbons (Fsp3) is 0.385. The lowest BCUT2D eigenvalue weighted by molar-refractivity contribution is -0.143. The molecule has 0 saturated carbocycles. The van der Waals surface area contributed by atoms with Gasteiger partial charge >= 0.3 is 24.7 Å². The van der Waals surface area contributed by atoms with E-state index in [9.17, 15) is 52.7 Å². The van der Waals surface area contributed by atoms with E-state index in [0.29, 0.717) is 40.5 Å². The molecule has 0 bridgehead atoms. The van der Waals surface area contributed by atoms with Crippen LogP contribution in [0.5, 0.6) is 0 Å².